The fraction of sp³-hybridized carbons (Fsp3) is 0.143. The number of amides is 2. The van der Waals surface area contributed by atoms with Crippen LogP contribution in [0.5, 0.6) is 5.75 Å². The van der Waals surface area contributed by atoms with E-state index in [1.807, 2.05) is 0 Å². The van der Waals surface area contributed by atoms with Crippen LogP contribution in [0.15, 0.2) is 29.4 Å². The topological polar surface area (TPSA) is 115 Å². The maximum absolute atomic E-state index is 11.8. The molecule has 4 N–H and O–H groups in total. The normalized spacial score (nSPS) is 10.2. The van der Waals surface area contributed by atoms with E-state index in [-0.39, 0.29) is 22.9 Å². The molecule has 0 saturated carbocycles. The molecule has 0 fully saturated rings. The molecule has 7 nitrogen and oxygen atoms in total. The van der Waals surface area contributed by atoms with E-state index in [2.05, 4.69) is 15.7 Å². The number of aromatic hydroxyl groups is 1. The second kappa shape index (κ2) is 5.58. The summed E-state index contributed by atoms with van der Waals surface area (Å²) in [5, 5.41) is 19.3. The zero-order valence-electron chi connectivity index (χ0n) is 11.5. The van der Waals surface area contributed by atoms with Gasteiger partial charge in [0.1, 0.15) is 5.69 Å². The van der Waals surface area contributed by atoms with Crippen molar-refractivity contribution in [2.24, 2.45) is 5.11 Å². The summed E-state index contributed by atoms with van der Waals surface area (Å²) in [6.45, 7) is 0. The summed E-state index contributed by atoms with van der Waals surface area (Å²) in [5.74, 6) is -1.12. The summed E-state index contributed by atoms with van der Waals surface area (Å²) in [7, 11) is 2.95. The van der Waals surface area contributed by atoms with Crippen LogP contribution in [0.3, 0.4) is 0 Å². The molecule has 2 aromatic carbocycles. The van der Waals surface area contributed by atoms with Gasteiger partial charge in [-0.2, -0.15) is 5.11 Å². The maximum Gasteiger partial charge on any atom is 0.254 e. The molecule has 2 rings (SSSR count). The summed E-state index contributed by atoms with van der Waals surface area (Å²) in [4.78, 5) is 23.4. The van der Waals surface area contributed by atoms with Crippen LogP contribution in [0.4, 0.5) is 5.69 Å². The first-order chi connectivity index (χ1) is 10.0. The Kier molecular flexibility index (Phi) is 3.84. The number of benzene rings is 2. The molecule has 0 aliphatic rings. The van der Waals surface area contributed by atoms with Gasteiger partial charge in [-0.05, 0) is 23.6 Å². The minimum absolute atomic E-state index is 0.00468. The molecule has 0 unspecified atom stereocenters. The summed E-state index contributed by atoms with van der Waals surface area (Å²) >= 11 is 0. The van der Waals surface area contributed by atoms with Crippen LogP contribution < -0.4 is 10.6 Å². The molecular weight excluding hydrogens is 272 g/mol. The summed E-state index contributed by atoms with van der Waals surface area (Å²) in [6, 6.07) is 6.19. The Bertz CT molecular complexity index is 755. The quantitative estimate of drug-likeness (QED) is 0.646. The van der Waals surface area contributed by atoms with E-state index in [0.717, 1.165) is 0 Å². The van der Waals surface area contributed by atoms with Gasteiger partial charge in [0.15, 0.2) is 5.75 Å². The smallest absolute Gasteiger partial charge is 0.254 e. The van der Waals surface area contributed by atoms with E-state index in [9.17, 15) is 14.7 Å². The van der Waals surface area contributed by atoms with Crippen molar-refractivity contribution in [2.45, 2.75) is 0 Å². The minimum Gasteiger partial charge on any atom is -0.505 e. The average Bonchev–Trinajstić information content (AvgIpc) is 2.52. The molecule has 0 radical (unpaired) electrons. The lowest BCUT2D eigenvalue weighted by molar-refractivity contribution is 0.0954. The van der Waals surface area contributed by atoms with Crippen molar-refractivity contribution in [1.29, 1.82) is 5.53 Å². The van der Waals surface area contributed by atoms with Crippen molar-refractivity contribution in [1.82, 2.24) is 10.6 Å². The molecule has 0 atom stereocenters. The van der Waals surface area contributed by atoms with E-state index >= 15 is 0 Å². The molecule has 0 aliphatic carbocycles. The number of rotatable bonds is 3. The van der Waals surface area contributed by atoms with E-state index in [1.165, 1.54) is 20.2 Å². The first-order valence-electron chi connectivity index (χ1n) is 6.14. The van der Waals surface area contributed by atoms with Crippen molar-refractivity contribution in [3.05, 3.63) is 35.4 Å². The van der Waals surface area contributed by atoms with E-state index in [1.54, 1.807) is 18.2 Å². The van der Waals surface area contributed by atoms with Crippen molar-refractivity contribution in [2.75, 3.05) is 14.1 Å². The van der Waals surface area contributed by atoms with Gasteiger partial charge < -0.3 is 15.7 Å². The summed E-state index contributed by atoms with van der Waals surface area (Å²) in [6.07, 6.45) is 0. The SMILES string of the molecule is CNC(=O)c1ccc2c(N=N)c(O)c(C(=O)NC)cc2c1. The predicted octanol–water partition coefficient (Wildman–Crippen LogP) is 1.93. The predicted molar refractivity (Wildman–Crippen MR) is 77.2 cm³/mol. The Morgan fingerprint density at radius 3 is 2.38 bits per heavy atom. The standard InChI is InChI=1S/C14H14N4O3/c1-16-13(20)7-3-4-9-8(5-7)6-10(14(21)17-2)12(19)11(9)18-15/h3-6,15,19H,1-2H3,(H,16,20)(H,17,21). The highest BCUT2D eigenvalue weighted by atomic mass is 16.3. The van der Waals surface area contributed by atoms with Crippen molar-refractivity contribution < 1.29 is 14.7 Å². The fourth-order valence-corrected chi connectivity index (χ4v) is 2.08. The fourth-order valence-electron chi connectivity index (χ4n) is 2.08. The van der Waals surface area contributed by atoms with Gasteiger partial charge in [0.25, 0.3) is 11.8 Å². The Balaban J connectivity index is 2.79. The van der Waals surface area contributed by atoms with Crippen LogP contribution >= 0.6 is 0 Å². The van der Waals surface area contributed by atoms with Gasteiger partial charge in [-0.3, -0.25) is 9.59 Å². The molecule has 0 saturated heterocycles. The monoisotopic (exact) mass is 286 g/mol. The molecule has 0 bridgehead atoms. The van der Waals surface area contributed by atoms with Crippen LogP contribution in [0.2, 0.25) is 0 Å². The van der Waals surface area contributed by atoms with Crippen LogP contribution in [0.25, 0.3) is 10.8 Å². The van der Waals surface area contributed by atoms with Gasteiger partial charge in [-0.15, -0.1) is 0 Å². The van der Waals surface area contributed by atoms with Gasteiger partial charge in [-0.25, -0.2) is 5.53 Å². The molecule has 108 valence electrons. The highest BCUT2D eigenvalue weighted by Gasteiger charge is 2.18. The molecule has 0 aliphatic heterocycles. The molecule has 7 heteroatoms. The molecule has 2 aromatic rings. The second-order valence-electron chi connectivity index (χ2n) is 4.33. The third kappa shape index (κ3) is 2.40. The highest BCUT2D eigenvalue weighted by Crippen LogP contribution is 2.38. The lowest BCUT2D eigenvalue weighted by Gasteiger charge is -2.10. The molecule has 0 aromatic heterocycles. The third-order valence-electron chi connectivity index (χ3n) is 3.16. The van der Waals surface area contributed by atoms with Gasteiger partial charge in [0.05, 0.1) is 5.56 Å². The number of phenolic OH excluding ortho intramolecular Hbond substituents is 1. The number of carbonyl (C=O) groups excluding carboxylic acids is 2. The molecule has 0 spiro atoms. The van der Waals surface area contributed by atoms with Crippen LogP contribution in [0.1, 0.15) is 20.7 Å². The number of nitrogens with zero attached hydrogens (tertiary/aromatic N) is 1. The average molecular weight is 286 g/mol. The number of hydrogen-bond donors (Lipinski definition) is 4. The van der Waals surface area contributed by atoms with Gasteiger partial charge >= 0.3 is 0 Å². The van der Waals surface area contributed by atoms with E-state index < -0.39 is 5.91 Å². The number of phenols is 1. The Morgan fingerprint density at radius 2 is 1.81 bits per heavy atom. The minimum atomic E-state index is -0.496. The lowest BCUT2D eigenvalue weighted by atomic mass is 10.0. The molecule has 21 heavy (non-hydrogen) atoms. The van der Waals surface area contributed by atoms with Crippen molar-refractivity contribution in [3.8, 4) is 5.75 Å². The van der Waals surface area contributed by atoms with Gasteiger partial charge in [0, 0.05) is 25.0 Å². The first-order valence-corrected chi connectivity index (χ1v) is 6.14. The summed E-state index contributed by atoms with van der Waals surface area (Å²) < 4.78 is 0. The Labute approximate surface area is 120 Å². The molecule has 2 amide bonds. The Morgan fingerprint density at radius 1 is 1.14 bits per heavy atom. The number of carbonyl (C=O) groups is 2. The number of fused-ring (bicyclic) bond motifs is 1. The number of nitrogens with one attached hydrogen (secondary N) is 3. The van der Waals surface area contributed by atoms with E-state index in [0.29, 0.717) is 16.3 Å². The zero-order valence-corrected chi connectivity index (χ0v) is 11.5. The first kappa shape index (κ1) is 14.4. The highest BCUT2D eigenvalue weighted by molar-refractivity contribution is 6.08. The Hall–Kier alpha value is -2.96. The third-order valence-corrected chi connectivity index (χ3v) is 3.16. The largest absolute Gasteiger partial charge is 0.505 e. The van der Waals surface area contributed by atoms with Crippen LogP contribution in [0, 0.1) is 5.53 Å². The van der Waals surface area contributed by atoms with Crippen LogP contribution in [-0.4, -0.2) is 31.0 Å². The summed E-state index contributed by atoms with van der Waals surface area (Å²) in [5.41, 5.74) is 7.60. The van der Waals surface area contributed by atoms with Gasteiger partial charge in [0.2, 0.25) is 0 Å². The number of hydrogen-bond acceptors (Lipinski definition) is 5. The van der Waals surface area contributed by atoms with Crippen LogP contribution in [-0.2, 0) is 0 Å². The zero-order chi connectivity index (χ0) is 15.6. The second-order valence-corrected chi connectivity index (χ2v) is 4.33. The molecule has 0 heterocycles. The molecular formula is C14H14N4O3. The maximum atomic E-state index is 11.8. The van der Waals surface area contributed by atoms with Crippen molar-refractivity contribution in [3.63, 3.8) is 0 Å². The lowest BCUT2D eigenvalue weighted by Crippen LogP contribution is -2.18. The van der Waals surface area contributed by atoms with Crippen molar-refractivity contribution >= 4 is 28.3 Å². The van der Waals surface area contributed by atoms with Gasteiger partial charge in [-0.1, -0.05) is 6.07 Å². The van der Waals surface area contributed by atoms with E-state index in [4.69, 9.17) is 5.53 Å².